The van der Waals surface area contributed by atoms with Gasteiger partial charge in [-0.1, -0.05) is 22.6 Å². The second kappa shape index (κ2) is 2.85. The van der Waals surface area contributed by atoms with Crippen molar-refractivity contribution in [3.63, 3.8) is 0 Å². The van der Waals surface area contributed by atoms with Crippen LogP contribution in [0.15, 0.2) is 0 Å². The molecule has 0 fully saturated rings. The van der Waals surface area contributed by atoms with Crippen molar-refractivity contribution in [1.29, 1.82) is 0 Å². The zero-order valence-electron chi connectivity index (χ0n) is 3.93. The highest BCUT2D eigenvalue weighted by molar-refractivity contribution is 14.1. The Hall–Kier alpha value is -0.330. The third-order valence-electron chi connectivity index (χ3n) is 0.500. The van der Waals surface area contributed by atoms with Gasteiger partial charge in [0, 0.05) is 0 Å². The molecule has 2 amide bonds. The molecule has 0 aromatic rings. The van der Waals surface area contributed by atoms with Crippen molar-refractivity contribution in [2.45, 2.75) is 3.92 Å². The van der Waals surface area contributed by atoms with Gasteiger partial charge < -0.3 is 11.5 Å². The standard InChI is InChI=1S/C3H5IN2O2/c4-1(2(5)7)3(6)8/h1H,(H2,5,7)(H2,6,8). The van der Waals surface area contributed by atoms with Crippen LogP contribution < -0.4 is 11.5 Å². The molecule has 0 radical (unpaired) electrons. The van der Waals surface area contributed by atoms with Gasteiger partial charge in [0.25, 0.3) is 0 Å². The summed E-state index contributed by atoms with van der Waals surface area (Å²) < 4.78 is -0.882. The molecular weight excluding hydrogens is 223 g/mol. The van der Waals surface area contributed by atoms with Crippen molar-refractivity contribution in [2.75, 3.05) is 0 Å². The van der Waals surface area contributed by atoms with Crippen LogP contribution in [0.3, 0.4) is 0 Å². The van der Waals surface area contributed by atoms with E-state index in [1.165, 1.54) is 0 Å². The number of nitrogens with two attached hydrogens (primary N) is 2. The molecule has 0 bridgehead atoms. The SMILES string of the molecule is NC(=O)C(I)C(N)=O. The van der Waals surface area contributed by atoms with Gasteiger partial charge in [0.05, 0.1) is 0 Å². The number of carbonyl (C=O) groups is 2. The van der Waals surface area contributed by atoms with Gasteiger partial charge in [-0.15, -0.1) is 0 Å². The Labute approximate surface area is 59.7 Å². The molecule has 0 spiro atoms. The number of hydrogen-bond donors (Lipinski definition) is 2. The van der Waals surface area contributed by atoms with Crippen LogP contribution in [0.5, 0.6) is 0 Å². The quantitative estimate of drug-likeness (QED) is 0.352. The molecule has 0 saturated heterocycles. The van der Waals surface area contributed by atoms with Crippen LogP contribution in [0.4, 0.5) is 0 Å². The summed E-state index contributed by atoms with van der Waals surface area (Å²) in [5, 5.41) is 0. The summed E-state index contributed by atoms with van der Waals surface area (Å²) in [6.45, 7) is 0. The van der Waals surface area contributed by atoms with Gasteiger partial charge in [0.15, 0.2) is 3.92 Å². The zero-order chi connectivity index (χ0) is 6.73. The Morgan fingerprint density at radius 2 is 1.50 bits per heavy atom. The van der Waals surface area contributed by atoms with E-state index in [1.54, 1.807) is 22.6 Å². The second-order valence-corrected chi connectivity index (χ2v) is 2.41. The number of hydrogen-bond acceptors (Lipinski definition) is 2. The van der Waals surface area contributed by atoms with Crippen molar-refractivity contribution < 1.29 is 9.59 Å². The largest absolute Gasteiger partial charge is 0.368 e. The first kappa shape index (κ1) is 7.67. The molecule has 0 rings (SSSR count). The van der Waals surface area contributed by atoms with Crippen LogP contribution >= 0.6 is 22.6 Å². The summed E-state index contributed by atoms with van der Waals surface area (Å²) in [7, 11) is 0. The molecule has 0 atom stereocenters. The molecule has 0 aliphatic heterocycles. The lowest BCUT2D eigenvalue weighted by Crippen LogP contribution is -2.35. The minimum atomic E-state index is -0.882. The minimum absolute atomic E-state index is 0.696. The van der Waals surface area contributed by atoms with Gasteiger partial charge >= 0.3 is 0 Å². The highest BCUT2D eigenvalue weighted by Crippen LogP contribution is 1.95. The lowest BCUT2D eigenvalue weighted by molar-refractivity contribution is -0.124. The van der Waals surface area contributed by atoms with Gasteiger partial charge in [-0.05, 0) is 0 Å². The fourth-order valence-electron chi connectivity index (χ4n) is 0.140. The van der Waals surface area contributed by atoms with Crippen LogP contribution in [0, 0.1) is 0 Å². The summed E-state index contributed by atoms with van der Waals surface area (Å²) >= 11 is 1.57. The molecule has 46 valence electrons. The Morgan fingerprint density at radius 3 is 1.50 bits per heavy atom. The van der Waals surface area contributed by atoms with Crippen molar-refractivity contribution in [3.8, 4) is 0 Å². The maximum Gasteiger partial charge on any atom is 0.239 e. The van der Waals surface area contributed by atoms with Gasteiger partial charge in [-0.3, -0.25) is 9.59 Å². The predicted molar refractivity (Wildman–Crippen MR) is 36.2 cm³/mol. The van der Waals surface area contributed by atoms with E-state index in [-0.39, 0.29) is 0 Å². The van der Waals surface area contributed by atoms with Crippen molar-refractivity contribution in [3.05, 3.63) is 0 Å². The van der Waals surface area contributed by atoms with Crippen LogP contribution in [-0.2, 0) is 9.59 Å². The summed E-state index contributed by atoms with van der Waals surface area (Å²) in [5.41, 5.74) is 9.38. The number of primary amides is 2. The minimum Gasteiger partial charge on any atom is -0.368 e. The molecule has 0 aromatic carbocycles. The first-order valence-corrected chi connectivity index (χ1v) is 3.03. The van der Waals surface area contributed by atoms with Crippen molar-refractivity contribution in [1.82, 2.24) is 0 Å². The fourth-order valence-corrected chi connectivity index (χ4v) is 0.140. The van der Waals surface area contributed by atoms with Crippen LogP contribution in [-0.4, -0.2) is 15.7 Å². The Kier molecular flexibility index (Phi) is 2.74. The Bertz CT molecular complexity index is 110. The number of alkyl halides is 1. The molecule has 4 N–H and O–H groups in total. The van der Waals surface area contributed by atoms with E-state index in [0.717, 1.165) is 0 Å². The van der Waals surface area contributed by atoms with E-state index in [4.69, 9.17) is 0 Å². The van der Waals surface area contributed by atoms with E-state index in [2.05, 4.69) is 11.5 Å². The van der Waals surface area contributed by atoms with E-state index in [1.807, 2.05) is 0 Å². The van der Waals surface area contributed by atoms with E-state index < -0.39 is 15.7 Å². The molecule has 0 aliphatic rings. The Morgan fingerprint density at radius 1 is 1.25 bits per heavy atom. The maximum atomic E-state index is 10.1. The smallest absolute Gasteiger partial charge is 0.239 e. The molecule has 5 heteroatoms. The van der Waals surface area contributed by atoms with Gasteiger partial charge in [0.1, 0.15) is 0 Å². The van der Waals surface area contributed by atoms with E-state index in [9.17, 15) is 9.59 Å². The third-order valence-corrected chi connectivity index (χ3v) is 1.73. The molecule has 0 heterocycles. The van der Waals surface area contributed by atoms with Gasteiger partial charge in [-0.2, -0.15) is 0 Å². The predicted octanol–water partition coefficient (Wildman–Crippen LogP) is -1.24. The molecular formula is C3H5IN2O2. The van der Waals surface area contributed by atoms with Crippen LogP contribution in [0.2, 0.25) is 0 Å². The number of carbonyl (C=O) groups excluding carboxylic acids is 2. The first-order valence-electron chi connectivity index (χ1n) is 1.78. The van der Waals surface area contributed by atoms with Crippen LogP contribution in [0.1, 0.15) is 0 Å². The number of amides is 2. The average molecular weight is 228 g/mol. The van der Waals surface area contributed by atoms with Crippen molar-refractivity contribution in [2.24, 2.45) is 11.5 Å². The molecule has 0 aliphatic carbocycles. The fraction of sp³-hybridized carbons (Fsp3) is 0.333. The molecule has 0 unspecified atom stereocenters. The lowest BCUT2D eigenvalue weighted by atomic mass is 10.4. The molecule has 4 nitrogen and oxygen atoms in total. The highest BCUT2D eigenvalue weighted by atomic mass is 127. The molecule has 0 saturated carbocycles. The number of halogens is 1. The summed E-state index contributed by atoms with van der Waals surface area (Å²) in [6.07, 6.45) is 0. The second-order valence-electron chi connectivity index (χ2n) is 1.17. The monoisotopic (exact) mass is 228 g/mol. The normalized spacial score (nSPS) is 9.25. The molecule has 8 heavy (non-hydrogen) atoms. The van der Waals surface area contributed by atoms with Gasteiger partial charge in [0.2, 0.25) is 11.8 Å². The Balaban J connectivity index is 3.83. The third kappa shape index (κ3) is 2.10. The van der Waals surface area contributed by atoms with E-state index in [0.29, 0.717) is 0 Å². The van der Waals surface area contributed by atoms with E-state index >= 15 is 0 Å². The highest BCUT2D eigenvalue weighted by Gasteiger charge is 2.15. The van der Waals surface area contributed by atoms with Crippen molar-refractivity contribution >= 4 is 34.4 Å². The summed E-state index contributed by atoms with van der Waals surface area (Å²) in [5.74, 6) is -1.39. The maximum absolute atomic E-state index is 10.1. The number of rotatable bonds is 2. The lowest BCUT2D eigenvalue weighted by Gasteiger charge is -1.95. The molecule has 0 aromatic heterocycles. The average Bonchev–Trinajstić information content (AvgIpc) is 1.64. The summed E-state index contributed by atoms with van der Waals surface area (Å²) in [6, 6.07) is 0. The topological polar surface area (TPSA) is 86.2 Å². The summed E-state index contributed by atoms with van der Waals surface area (Å²) in [4.78, 5) is 20.1. The van der Waals surface area contributed by atoms with Crippen LogP contribution in [0.25, 0.3) is 0 Å². The zero-order valence-corrected chi connectivity index (χ0v) is 6.08. The van der Waals surface area contributed by atoms with Gasteiger partial charge in [-0.25, -0.2) is 0 Å². The first-order chi connectivity index (χ1) is 3.55.